The van der Waals surface area contributed by atoms with Crippen molar-refractivity contribution < 1.29 is 14.7 Å². The molecule has 5 nitrogen and oxygen atoms in total. The summed E-state index contributed by atoms with van der Waals surface area (Å²) in [5.74, 6) is -0.835. The van der Waals surface area contributed by atoms with Gasteiger partial charge in [-0.2, -0.15) is 0 Å². The molecule has 108 valence electrons. The third kappa shape index (κ3) is 3.29. The number of amides is 2. The Kier molecular flexibility index (Phi) is 4.27. The zero-order valence-electron chi connectivity index (χ0n) is 11.6. The van der Waals surface area contributed by atoms with E-state index in [4.69, 9.17) is 0 Å². The molecule has 0 spiro atoms. The molecule has 2 rings (SSSR count). The Morgan fingerprint density at radius 3 is 2.70 bits per heavy atom. The van der Waals surface area contributed by atoms with E-state index >= 15 is 0 Å². The smallest absolute Gasteiger partial charge is 0.317 e. The molecule has 0 radical (unpaired) electrons. The summed E-state index contributed by atoms with van der Waals surface area (Å²) in [4.78, 5) is 25.0. The van der Waals surface area contributed by atoms with E-state index in [1.165, 1.54) is 0 Å². The van der Waals surface area contributed by atoms with E-state index in [2.05, 4.69) is 5.32 Å². The molecule has 20 heavy (non-hydrogen) atoms. The normalized spacial score (nSPS) is 22.4. The van der Waals surface area contributed by atoms with Crippen LogP contribution in [-0.4, -0.2) is 35.1 Å². The molecule has 5 heteroatoms. The topological polar surface area (TPSA) is 69.6 Å². The number of hydrogen-bond donors (Lipinski definition) is 2. The van der Waals surface area contributed by atoms with Gasteiger partial charge in [-0.25, -0.2) is 4.79 Å². The van der Waals surface area contributed by atoms with Crippen LogP contribution in [0.5, 0.6) is 0 Å². The van der Waals surface area contributed by atoms with Gasteiger partial charge in [0.15, 0.2) is 0 Å². The van der Waals surface area contributed by atoms with Gasteiger partial charge >= 0.3 is 12.0 Å². The number of hydrogen-bond acceptors (Lipinski definition) is 2. The number of benzene rings is 1. The van der Waals surface area contributed by atoms with E-state index in [9.17, 15) is 14.7 Å². The monoisotopic (exact) mass is 276 g/mol. The van der Waals surface area contributed by atoms with Crippen LogP contribution in [0.15, 0.2) is 30.3 Å². The Labute approximate surface area is 118 Å². The summed E-state index contributed by atoms with van der Waals surface area (Å²) in [5, 5.41) is 12.1. The van der Waals surface area contributed by atoms with Crippen LogP contribution in [-0.2, 0) is 11.3 Å². The Bertz CT molecular complexity index is 489. The number of carbonyl (C=O) groups excluding carboxylic acids is 1. The predicted molar refractivity (Wildman–Crippen MR) is 75.2 cm³/mol. The largest absolute Gasteiger partial charge is 0.481 e. The maximum atomic E-state index is 12.1. The lowest BCUT2D eigenvalue weighted by molar-refractivity contribution is -0.150. The summed E-state index contributed by atoms with van der Waals surface area (Å²) in [6, 6.07) is 9.46. The molecule has 1 unspecified atom stereocenters. The molecular formula is C15H20N2O3. The van der Waals surface area contributed by atoms with Crippen LogP contribution in [0.3, 0.4) is 0 Å². The molecule has 0 saturated carbocycles. The number of aliphatic carboxylic acids is 1. The molecule has 1 heterocycles. The van der Waals surface area contributed by atoms with Crippen LogP contribution in [0.2, 0.25) is 0 Å². The second-order valence-corrected chi connectivity index (χ2v) is 5.54. The lowest BCUT2D eigenvalue weighted by Gasteiger charge is -2.37. The Hall–Kier alpha value is -2.04. The Morgan fingerprint density at radius 2 is 2.05 bits per heavy atom. The molecule has 1 aliphatic heterocycles. The lowest BCUT2D eigenvalue weighted by atomic mass is 9.82. The van der Waals surface area contributed by atoms with Gasteiger partial charge < -0.3 is 15.3 Å². The highest BCUT2D eigenvalue weighted by atomic mass is 16.4. The van der Waals surface area contributed by atoms with Crippen LogP contribution in [0, 0.1) is 5.41 Å². The Balaban J connectivity index is 1.91. The van der Waals surface area contributed by atoms with Crippen molar-refractivity contribution >= 4 is 12.0 Å². The molecular weight excluding hydrogens is 256 g/mol. The molecule has 1 saturated heterocycles. The standard InChI is InChI=1S/C15H20N2O3/c1-15(13(18)19)8-5-9-17(11-15)14(20)16-10-12-6-3-2-4-7-12/h2-4,6-7H,5,8-11H2,1H3,(H,16,20)(H,18,19). The second kappa shape index (κ2) is 5.94. The van der Waals surface area contributed by atoms with Crippen molar-refractivity contribution in [2.45, 2.75) is 26.3 Å². The maximum Gasteiger partial charge on any atom is 0.317 e. The van der Waals surface area contributed by atoms with E-state index in [0.29, 0.717) is 19.5 Å². The van der Waals surface area contributed by atoms with Crippen molar-refractivity contribution in [1.82, 2.24) is 10.2 Å². The summed E-state index contributed by atoms with van der Waals surface area (Å²) in [5.41, 5.74) is 0.196. The van der Waals surface area contributed by atoms with Gasteiger partial charge in [0.25, 0.3) is 0 Å². The van der Waals surface area contributed by atoms with Gasteiger partial charge in [0.05, 0.1) is 5.41 Å². The van der Waals surface area contributed by atoms with Gasteiger partial charge in [0, 0.05) is 19.6 Å². The molecule has 1 aromatic rings. The summed E-state index contributed by atoms with van der Waals surface area (Å²) < 4.78 is 0. The fourth-order valence-electron chi connectivity index (χ4n) is 2.47. The second-order valence-electron chi connectivity index (χ2n) is 5.54. The number of likely N-dealkylation sites (tertiary alicyclic amines) is 1. The van der Waals surface area contributed by atoms with Crippen molar-refractivity contribution in [1.29, 1.82) is 0 Å². The predicted octanol–water partition coefficient (Wildman–Crippen LogP) is 2.08. The van der Waals surface area contributed by atoms with Gasteiger partial charge in [-0.05, 0) is 25.3 Å². The molecule has 0 aliphatic carbocycles. The van der Waals surface area contributed by atoms with E-state index in [0.717, 1.165) is 12.0 Å². The van der Waals surface area contributed by atoms with Gasteiger partial charge in [0.2, 0.25) is 0 Å². The molecule has 2 amide bonds. The van der Waals surface area contributed by atoms with Gasteiger partial charge in [-0.3, -0.25) is 4.79 Å². The number of carboxylic acids is 1. The zero-order valence-corrected chi connectivity index (χ0v) is 11.6. The highest BCUT2D eigenvalue weighted by Crippen LogP contribution is 2.29. The summed E-state index contributed by atoms with van der Waals surface area (Å²) >= 11 is 0. The fourth-order valence-corrected chi connectivity index (χ4v) is 2.47. The number of urea groups is 1. The summed E-state index contributed by atoms with van der Waals surface area (Å²) in [7, 11) is 0. The maximum absolute atomic E-state index is 12.1. The minimum atomic E-state index is -0.835. The van der Waals surface area contributed by atoms with Crippen molar-refractivity contribution in [2.24, 2.45) is 5.41 Å². The first kappa shape index (κ1) is 14.4. The molecule has 1 aromatic carbocycles. The number of carboxylic acid groups (broad SMARTS) is 1. The number of nitrogens with zero attached hydrogens (tertiary/aromatic N) is 1. The average molecular weight is 276 g/mol. The van der Waals surface area contributed by atoms with Crippen molar-refractivity contribution in [3.05, 3.63) is 35.9 Å². The minimum absolute atomic E-state index is 0.193. The Morgan fingerprint density at radius 1 is 1.35 bits per heavy atom. The number of piperidine rings is 1. The van der Waals surface area contributed by atoms with E-state index in [-0.39, 0.29) is 12.6 Å². The average Bonchev–Trinajstić information content (AvgIpc) is 2.46. The molecule has 1 fully saturated rings. The van der Waals surface area contributed by atoms with Gasteiger partial charge in [-0.15, -0.1) is 0 Å². The van der Waals surface area contributed by atoms with Crippen LogP contribution in [0.4, 0.5) is 4.79 Å². The first-order chi connectivity index (χ1) is 9.51. The highest BCUT2D eigenvalue weighted by Gasteiger charge is 2.39. The highest BCUT2D eigenvalue weighted by molar-refractivity contribution is 5.78. The third-order valence-electron chi connectivity index (χ3n) is 3.79. The van der Waals surface area contributed by atoms with E-state index in [1.807, 2.05) is 30.3 Å². The lowest BCUT2D eigenvalue weighted by Crippen LogP contribution is -2.51. The molecule has 1 atom stereocenters. The SMILES string of the molecule is CC1(C(=O)O)CCCN(C(=O)NCc2ccccc2)C1. The van der Waals surface area contributed by atoms with Gasteiger partial charge in [0.1, 0.15) is 0 Å². The quantitative estimate of drug-likeness (QED) is 0.888. The van der Waals surface area contributed by atoms with Crippen molar-refractivity contribution in [3.8, 4) is 0 Å². The zero-order chi connectivity index (χ0) is 14.6. The fraction of sp³-hybridized carbons (Fsp3) is 0.467. The van der Waals surface area contributed by atoms with Crippen LogP contribution < -0.4 is 5.32 Å². The third-order valence-corrected chi connectivity index (χ3v) is 3.79. The van der Waals surface area contributed by atoms with E-state index < -0.39 is 11.4 Å². The molecule has 2 N–H and O–H groups in total. The van der Waals surface area contributed by atoms with Crippen LogP contribution >= 0.6 is 0 Å². The summed E-state index contributed by atoms with van der Waals surface area (Å²) in [6.07, 6.45) is 1.34. The van der Waals surface area contributed by atoms with Crippen molar-refractivity contribution in [3.63, 3.8) is 0 Å². The van der Waals surface area contributed by atoms with Crippen LogP contribution in [0.1, 0.15) is 25.3 Å². The van der Waals surface area contributed by atoms with Crippen LogP contribution in [0.25, 0.3) is 0 Å². The molecule has 0 aromatic heterocycles. The van der Waals surface area contributed by atoms with Gasteiger partial charge in [-0.1, -0.05) is 30.3 Å². The molecule has 0 bridgehead atoms. The summed E-state index contributed by atoms with van der Waals surface area (Å²) in [6.45, 7) is 3.04. The van der Waals surface area contributed by atoms with Crippen molar-refractivity contribution in [2.75, 3.05) is 13.1 Å². The van der Waals surface area contributed by atoms with E-state index in [1.54, 1.807) is 11.8 Å². The first-order valence-electron chi connectivity index (χ1n) is 6.81. The molecule has 1 aliphatic rings. The number of carbonyl (C=O) groups is 2. The first-order valence-corrected chi connectivity index (χ1v) is 6.81. The number of rotatable bonds is 3. The minimum Gasteiger partial charge on any atom is -0.481 e. The number of nitrogens with one attached hydrogen (secondary N) is 1.